The smallest absolute Gasteiger partial charge is 0.167 e. The summed E-state index contributed by atoms with van der Waals surface area (Å²) in [5.74, 6) is 0.314. The third-order valence-electron chi connectivity index (χ3n) is 3.20. The average Bonchev–Trinajstić information content (AvgIpc) is 2.48. The van der Waals surface area contributed by atoms with Gasteiger partial charge in [-0.3, -0.25) is 0 Å². The summed E-state index contributed by atoms with van der Waals surface area (Å²) in [4.78, 5) is 0. The molecule has 0 bridgehead atoms. The van der Waals surface area contributed by atoms with Crippen LogP contribution in [0.3, 0.4) is 0 Å². The molecular formula is C16H18FNO2. The molecule has 2 aromatic carbocycles. The molecule has 0 aliphatic rings. The number of ether oxygens (including phenoxy) is 1. The SMILES string of the molecule is CNC(C)c1cccc(F)c1Oc1cccc(CO)c1. The van der Waals surface area contributed by atoms with Crippen molar-refractivity contribution in [1.29, 1.82) is 0 Å². The molecule has 1 unspecified atom stereocenters. The van der Waals surface area contributed by atoms with Crippen molar-refractivity contribution >= 4 is 0 Å². The molecule has 1 atom stereocenters. The fraction of sp³-hybridized carbons (Fsp3) is 0.250. The van der Waals surface area contributed by atoms with Crippen molar-refractivity contribution in [2.75, 3.05) is 7.05 Å². The first-order valence-electron chi connectivity index (χ1n) is 6.49. The molecule has 106 valence electrons. The lowest BCUT2D eigenvalue weighted by Gasteiger charge is -2.17. The molecule has 20 heavy (non-hydrogen) atoms. The van der Waals surface area contributed by atoms with E-state index in [1.54, 1.807) is 30.3 Å². The highest BCUT2D eigenvalue weighted by atomic mass is 19.1. The van der Waals surface area contributed by atoms with Gasteiger partial charge in [-0.1, -0.05) is 24.3 Å². The van der Waals surface area contributed by atoms with Gasteiger partial charge in [0.25, 0.3) is 0 Å². The summed E-state index contributed by atoms with van der Waals surface area (Å²) < 4.78 is 19.7. The molecular weight excluding hydrogens is 257 g/mol. The second-order valence-electron chi connectivity index (χ2n) is 4.58. The first-order valence-corrected chi connectivity index (χ1v) is 6.49. The van der Waals surface area contributed by atoms with Gasteiger partial charge in [0, 0.05) is 11.6 Å². The summed E-state index contributed by atoms with van der Waals surface area (Å²) in [7, 11) is 1.81. The number of aliphatic hydroxyl groups excluding tert-OH is 1. The van der Waals surface area contributed by atoms with Crippen molar-refractivity contribution in [3.8, 4) is 11.5 Å². The largest absolute Gasteiger partial charge is 0.454 e. The zero-order chi connectivity index (χ0) is 14.5. The van der Waals surface area contributed by atoms with Gasteiger partial charge in [-0.25, -0.2) is 4.39 Å². The first kappa shape index (κ1) is 14.5. The molecule has 3 nitrogen and oxygen atoms in total. The Morgan fingerprint density at radius 2 is 2.00 bits per heavy atom. The lowest BCUT2D eigenvalue weighted by molar-refractivity contribution is 0.281. The van der Waals surface area contributed by atoms with E-state index < -0.39 is 5.82 Å². The Morgan fingerprint density at radius 1 is 1.25 bits per heavy atom. The lowest BCUT2D eigenvalue weighted by Crippen LogP contribution is -2.13. The number of aliphatic hydroxyl groups is 1. The van der Waals surface area contributed by atoms with Gasteiger partial charge in [0.2, 0.25) is 0 Å². The van der Waals surface area contributed by atoms with Gasteiger partial charge in [-0.05, 0) is 37.7 Å². The first-order chi connectivity index (χ1) is 9.65. The normalized spacial score (nSPS) is 12.2. The number of rotatable bonds is 5. The monoisotopic (exact) mass is 275 g/mol. The van der Waals surface area contributed by atoms with Gasteiger partial charge in [-0.15, -0.1) is 0 Å². The Hall–Kier alpha value is -1.91. The van der Waals surface area contributed by atoms with Gasteiger partial charge in [0.15, 0.2) is 11.6 Å². The maximum absolute atomic E-state index is 14.0. The second-order valence-corrected chi connectivity index (χ2v) is 4.58. The van der Waals surface area contributed by atoms with Crippen LogP contribution >= 0.6 is 0 Å². The van der Waals surface area contributed by atoms with E-state index in [2.05, 4.69) is 5.32 Å². The molecule has 0 saturated heterocycles. The topological polar surface area (TPSA) is 41.5 Å². The fourth-order valence-corrected chi connectivity index (χ4v) is 1.95. The maximum Gasteiger partial charge on any atom is 0.167 e. The zero-order valence-corrected chi connectivity index (χ0v) is 11.6. The number of hydrogen-bond donors (Lipinski definition) is 2. The summed E-state index contributed by atoms with van der Waals surface area (Å²) in [5, 5.41) is 12.2. The van der Waals surface area contributed by atoms with Gasteiger partial charge in [0.05, 0.1) is 6.61 Å². The Balaban J connectivity index is 2.37. The van der Waals surface area contributed by atoms with Crippen LogP contribution in [0, 0.1) is 5.82 Å². The Labute approximate surface area is 118 Å². The van der Waals surface area contributed by atoms with Crippen molar-refractivity contribution in [1.82, 2.24) is 5.32 Å². The fourth-order valence-electron chi connectivity index (χ4n) is 1.95. The zero-order valence-electron chi connectivity index (χ0n) is 11.6. The Bertz CT molecular complexity index is 586. The second kappa shape index (κ2) is 6.50. The van der Waals surface area contributed by atoms with Crippen LogP contribution in [0.5, 0.6) is 11.5 Å². The van der Waals surface area contributed by atoms with E-state index in [1.807, 2.05) is 20.0 Å². The minimum atomic E-state index is -0.404. The minimum Gasteiger partial charge on any atom is -0.454 e. The van der Waals surface area contributed by atoms with E-state index in [4.69, 9.17) is 9.84 Å². The third-order valence-corrected chi connectivity index (χ3v) is 3.20. The molecule has 2 aromatic rings. The quantitative estimate of drug-likeness (QED) is 0.879. The van der Waals surface area contributed by atoms with Gasteiger partial charge in [0.1, 0.15) is 5.75 Å². The molecule has 0 aromatic heterocycles. The van der Waals surface area contributed by atoms with Crippen molar-refractivity contribution in [3.63, 3.8) is 0 Å². The maximum atomic E-state index is 14.0. The summed E-state index contributed by atoms with van der Waals surface area (Å²) in [6.45, 7) is 1.86. The standard InChI is InChI=1S/C16H18FNO2/c1-11(18-2)14-7-4-8-15(17)16(14)20-13-6-3-5-12(9-13)10-19/h3-9,11,18-19H,10H2,1-2H3. The van der Waals surface area contributed by atoms with Crippen LogP contribution in [0.15, 0.2) is 42.5 Å². The minimum absolute atomic E-state index is 0.0262. The molecule has 4 heteroatoms. The highest BCUT2D eigenvalue weighted by Crippen LogP contribution is 2.32. The predicted octanol–water partition coefficient (Wildman–Crippen LogP) is 3.39. The van der Waals surface area contributed by atoms with Crippen molar-refractivity contribution < 1.29 is 14.2 Å². The van der Waals surface area contributed by atoms with Crippen LogP contribution in [0.4, 0.5) is 4.39 Å². The summed E-state index contributed by atoms with van der Waals surface area (Å²) >= 11 is 0. The van der Waals surface area contributed by atoms with E-state index in [1.165, 1.54) is 6.07 Å². The highest BCUT2D eigenvalue weighted by Gasteiger charge is 2.15. The molecule has 2 rings (SSSR count). The molecule has 0 spiro atoms. The predicted molar refractivity (Wildman–Crippen MR) is 76.3 cm³/mol. The molecule has 2 N–H and O–H groups in total. The molecule has 0 aliphatic heterocycles. The lowest BCUT2D eigenvalue weighted by atomic mass is 10.1. The average molecular weight is 275 g/mol. The van der Waals surface area contributed by atoms with E-state index >= 15 is 0 Å². The van der Waals surface area contributed by atoms with Crippen molar-refractivity contribution in [3.05, 3.63) is 59.4 Å². The van der Waals surface area contributed by atoms with Gasteiger partial charge < -0.3 is 15.2 Å². The Morgan fingerprint density at radius 3 is 2.70 bits per heavy atom. The number of halogens is 1. The molecule has 0 heterocycles. The van der Waals surface area contributed by atoms with E-state index in [0.29, 0.717) is 5.75 Å². The number of para-hydroxylation sites is 1. The number of benzene rings is 2. The van der Waals surface area contributed by atoms with Gasteiger partial charge >= 0.3 is 0 Å². The van der Waals surface area contributed by atoms with Crippen LogP contribution in [-0.2, 0) is 6.61 Å². The Kier molecular flexibility index (Phi) is 4.71. The van der Waals surface area contributed by atoms with E-state index in [9.17, 15) is 4.39 Å². The van der Waals surface area contributed by atoms with Crippen LogP contribution in [0.25, 0.3) is 0 Å². The van der Waals surface area contributed by atoms with Crippen LogP contribution < -0.4 is 10.1 Å². The van der Waals surface area contributed by atoms with E-state index in [-0.39, 0.29) is 18.4 Å². The molecule has 0 saturated carbocycles. The summed E-state index contributed by atoms with van der Waals surface area (Å²) in [6, 6.07) is 11.8. The highest BCUT2D eigenvalue weighted by molar-refractivity contribution is 5.41. The van der Waals surface area contributed by atoms with E-state index in [0.717, 1.165) is 11.1 Å². The van der Waals surface area contributed by atoms with Crippen molar-refractivity contribution in [2.24, 2.45) is 0 Å². The summed E-state index contributed by atoms with van der Waals surface area (Å²) in [5.41, 5.74) is 1.48. The molecule has 0 amide bonds. The molecule has 0 radical (unpaired) electrons. The van der Waals surface area contributed by atoms with Crippen LogP contribution in [0.1, 0.15) is 24.1 Å². The number of nitrogens with one attached hydrogen (secondary N) is 1. The number of hydrogen-bond acceptors (Lipinski definition) is 3. The third kappa shape index (κ3) is 3.15. The van der Waals surface area contributed by atoms with Crippen LogP contribution in [0.2, 0.25) is 0 Å². The molecule has 0 fully saturated rings. The van der Waals surface area contributed by atoms with Crippen LogP contribution in [-0.4, -0.2) is 12.2 Å². The van der Waals surface area contributed by atoms with Gasteiger partial charge in [-0.2, -0.15) is 0 Å². The summed E-state index contributed by atoms with van der Waals surface area (Å²) in [6.07, 6.45) is 0. The van der Waals surface area contributed by atoms with Crippen molar-refractivity contribution in [2.45, 2.75) is 19.6 Å². The molecule has 0 aliphatic carbocycles.